The Hall–Kier alpha value is -1.39. The Kier molecular flexibility index (Phi) is 11.0. The Morgan fingerprint density at radius 1 is 1.32 bits per heavy atom. The molecule has 0 saturated carbocycles. The van der Waals surface area contributed by atoms with Crippen LogP contribution < -0.4 is 15.4 Å². The summed E-state index contributed by atoms with van der Waals surface area (Å²) in [7, 11) is 1.79. The molecule has 1 saturated heterocycles. The second kappa shape index (κ2) is 13.2. The Morgan fingerprint density at radius 3 is 2.84 bits per heavy atom. The number of aryl methyl sites for hydroxylation is 1. The first kappa shape index (κ1) is 25.9. The van der Waals surface area contributed by atoms with E-state index in [0.717, 1.165) is 43.1 Å². The zero-order chi connectivity index (χ0) is 21.3. The van der Waals surface area contributed by atoms with Crippen LogP contribution in [0.15, 0.2) is 29.4 Å². The fourth-order valence-corrected chi connectivity index (χ4v) is 4.42. The largest absolute Gasteiger partial charge is 0.491 e. The van der Waals surface area contributed by atoms with Crippen molar-refractivity contribution in [1.29, 1.82) is 0 Å². The summed E-state index contributed by atoms with van der Waals surface area (Å²) in [4.78, 5) is 10.1. The molecule has 8 heteroatoms. The van der Waals surface area contributed by atoms with E-state index >= 15 is 0 Å². The van der Waals surface area contributed by atoms with Crippen molar-refractivity contribution in [2.75, 3.05) is 20.3 Å². The summed E-state index contributed by atoms with van der Waals surface area (Å²) in [5.74, 6) is 2.30. The molecular formula is C23H35IN4O2S. The third kappa shape index (κ3) is 8.57. The molecule has 2 heterocycles. The molecule has 0 bridgehead atoms. The summed E-state index contributed by atoms with van der Waals surface area (Å²) in [5.41, 5.74) is 2.30. The first-order valence-corrected chi connectivity index (χ1v) is 11.6. The van der Waals surface area contributed by atoms with Crippen molar-refractivity contribution < 1.29 is 9.47 Å². The topological polar surface area (TPSA) is 67.8 Å². The number of benzene rings is 1. The molecule has 0 radical (unpaired) electrons. The summed E-state index contributed by atoms with van der Waals surface area (Å²) in [6.45, 7) is 9.32. The number of thiazole rings is 1. The third-order valence-corrected chi connectivity index (χ3v) is 5.98. The fourth-order valence-electron chi connectivity index (χ4n) is 3.34. The summed E-state index contributed by atoms with van der Waals surface area (Å²) in [5, 5.41) is 7.97. The monoisotopic (exact) mass is 558 g/mol. The van der Waals surface area contributed by atoms with E-state index in [0.29, 0.717) is 25.6 Å². The second-order valence-corrected chi connectivity index (χ2v) is 9.35. The molecule has 31 heavy (non-hydrogen) atoms. The van der Waals surface area contributed by atoms with Crippen LogP contribution in [0.5, 0.6) is 5.75 Å². The lowest BCUT2D eigenvalue weighted by Gasteiger charge is -2.17. The molecule has 1 aliphatic heterocycles. The molecule has 1 fully saturated rings. The minimum atomic E-state index is 0. The number of guanidine groups is 1. The molecule has 172 valence electrons. The van der Waals surface area contributed by atoms with Crippen LogP contribution in [0.3, 0.4) is 0 Å². The van der Waals surface area contributed by atoms with Crippen molar-refractivity contribution in [3.63, 3.8) is 0 Å². The van der Waals surface area contributed by atoms with E-state index in [1.807, 2.05) is 6.20 Å². The summed E-state index contributed by atoms with van der Waals surface area (Å²) in [6.07, 6.45) is 5.39. The predicted octanol–water partition coefficient (Wildman–Crippen LogP) is 4.69. The van der Waals surface area contributed by atoms with Gasteiger partial charge in [-0.3, -0.25) is 4.99 Å². The highest BCUT2D eigenvalue weighted by Gasteiger charge is 2.17. The lowest BCUT2D eigenvalue weighted by Crippen LogP contribution is -2.36. The highest BCUT2D eigenvalue weighted by Crippen LogP contribution is 2.22. The van der Waals surface area contributed by atoms with Crippen LogP contribution in [0, 0.1) is 12.8 Å². The number of rotatable bonds is 9. The first-order valence-electron chi connectivity index (χ1n) is 10.8. The first-order chi connectivity index (χ1) is 14.5. The average Bonchev–Trinajstić information content (AvgIpc) is 3.39. The van der Waals surface area contributed by atoms with E-state index in [-0.39, 0.29) is 30.1 Å². The quantitative estimate of drug-likeness (QED) is 0.266. The lowest BCUT2D eigenvalue weighted by atomic mass is 10.1. The normalized spacial score (nSPS) is 16.3. The van der Waals surface area contributed by atoms with Gasteiger partial charge in [0, 0.05) is 43.3 Å². The van der Waals surface area contributed by atoms with E-state index in [1.54, 1.807) is 18.4 Å². The molecule has 1 atom stereocenters. The number of hydrogen-bond donors (Lipinski definition) is 2. The van der Waals surface area contributed by atoms with E-state index in [2.05, 4.69) is 59.6 Å². The van der Waals surface area contributed by atoms with Gasteiger partial charge in [-0.15, -0.1) is 35.3 Å². The van der Waals surface area contributed by atoms with Crippen molar-refractivity contribution in [3.05, 3.63) is 45.4 Å². The third-order valence-electron chi connectivity index (χ3n) is 4.96. The molecule has 2 N–H and O–H groups in total. The highest BCUT2D eigenvalue weighted by molar-refractivity contribution is 14.0. The van der Waals surface area contributed by atoms with Crippen LogP contribution in [0.25, 0.3) is 0 Å². The molecule has 0 spiro atoms. The van der Waals surface area contributed by atoms with Gasteiger partial charge in [0.1, 0.15) is 12.4 Å². The van der Waals surface area contributed by atoms with E-state index in [9.17, 15) is 0 Å². The predicted molar refractivity (Wildman–Crippen MR) is 139 cm³/mol. The molecule has 1 unspecified atom stereocenters. The van der Waals surface area contributed by atoms with Gasteiger partial charge in [0.2, 0.25) is 0 Å². The molecule has 0 amide bonds. The van der Waals surface area contributed by atoms with Crippen LogP contribution in [0.2, 0.25) is 0 Å². The van der Waals surface area contributed by atoms with E-state index in [4.69, 9.17) is 9.47 Å². The molecule has 2 aromatic rings. The Bertz CT molecular complexity index is 835. The lowest BCUT2D eigenvalue weighted by molar-refractivity contribution is 0.0676. The number of aliphatic imine (C=N–C) groups is 1. The molecule has 1 aromatic heterocycles. The molecule has 3 rings (SSSR count). The highest BCUT2D eigenvalue weighted by atomic mass is 127. The zero-order valence-corrected chi connectivity index (χ0v) is 22.1. The number of nitrogens with zero attached hydrogens (tertiary/aromatic N) is 2. The number of ether oxygens (including phenoxy) is 2. The van der Waals surface area contributed by atoms with Crippen LogP contribution in [-0.4, -0.2) is 37.3 Å². The smallest absolute Gasteiger partial charge is 0.191 e. The van der Waals surface area contributed by atoms with Crippen molar-refractivity contribution >= 4 is 41.3 Å². The van der Waals surface area contributed by atoms with Crippen LogP contribution in [0.4, 0.5) is 0 Å². The molecule has 0 aliphatic carbocycles. The van der Waals surface area contributed by atoms with Gasteiger partial charge >= 0.3 is 0 Å². The second-order valence-electron chi connectivity index (χ2n) is 8.15. The number of aromatic nitrogens is 1. The number of halogens is 1. The maximum absolute atomic E-state index is 6.10. The van der Waals surface area contributed by atoms with Gasteiger partial charge < -0.3 is 20.1 Å². The Morgan fingerprint density at radius 2 is 2.13 bits per heavy atom. The van der Waals surface area contributed by atoms with Crippen molar-refractivity contribution in [2.45, 2.75) is 59.2 Å². The van der Waals surface area contributed by atoms with E-state index < -0.39 is 0 Å². The van der Waals surface area contributed by atoms with Gasteiger partial charge in [-0.1, -0.05) is 26.0 Å². The van der Waals surface area contributed by atoms with Crippen molar-refractivity contribution in [3.8, 4) is 5.75 Å². The molecule has 6 nitrogen and oxygen atoms in total. The van der Waals surface area contributed by atoms with Gasteiger partial charge in [0.15, 0.2) is 5.96 Å². The van der Waals surface area contributed by atoms with Gasteiger partial charge in [0.25, 0.3) is 0 Å². The molecular weight excluding hydrogens is 523 g/mol. The van der Waals surface area contributed by atoms with Gasteiger partial charge in [0.05, 0.1) is 17.7 Å². The Labute approximate surface area is 207 Å². The summed E-state index contributed by atoms with van der Waals surface area (Å²) < 4.78 is 11.8. The molecule has 1 aliphatic rings. The summed E-state index contributed by atoms with van der Waals surface area (Å²) >= 11 is 1.76. The van der Waals surface area contributed by atoms with Gasteiger partial charge in [-0.2, -0.15) is 0 Å². The van der Waals surface area contributed by atoms with Gasteiger partial charge in [-0.05, 0) is 37.3 Å². The average molecular weight is 559 g/mol. The Balaban J connectivity index is 0.00000341. The van der Waals surface area contributed by atoms with Crippen LogP contribution in [0.1, 0.15) is 47.7 Å². The maximum Gasteiger partial charge on any atom is 0.191 e. The maximum atomic E-state index is 6.10. The zero-order valence-electron chi connectivity index (χ0n) is 18.9. The molecule has 1 aromatic carbocycles. The number of nitrogens with one attached hydrogen (secondary N) is 2. The van der Waals surface area contributed by atoms with Crippen molar-refractivity contribution in [2.24, 2.45) is 10.9 Å². The minimum Gasteiger partial charge on any atom is -0.491 e. The fraction of sp³-hybridized carbons (Fsp3) is 0.565. The number of hydrogen-bond acceptors (Lipinski definition) is 5. The standard InChI is InChI=1S/C23H34N4O2S.HI/c1-16(2)10-22-25-13-20(30-22)14-27-23(24-4)26-12-18-8-7-17(3)11-21(18)29-15-19-6-5-9-28-19;/h7-8,11,13,16,19H,5-6,9-10,12,14-15H2,1-4H3,(H2,24,26,27);1H. The SMILES string of the molecule is CN=C(NCc1cnc(CC(C)C)s1)NCc1ccc(C)cc1OCC1CCCO1.I. The minimum absolute atomic E-state index is 0. The summed E-state index contributed by atoms with van der Waals surface area (Å²) in [6, 6.07) is 6.32. The van der Waals surface area contributed by atoms with Crippen LogP contribution in [-0.2, 0) is 24.2 Å². The van der Waals surface area contributed by atoms with Crippen molar-refractivity contribution in [1.82, 2.24) is 15.6 Å². The van der Waals surface area contributed by atoms with E-state index in [1.165, 1.54) is 15.4 Å². The van der Waals surface area contributed by atoms with Gasteiger partial charge in [-0.25, -0.2) is 4.98 Å². The van der Waals surface area contributed by atoms with Crippen LogP contribution >= 0.6 is 35.3 Å².